The molecule has 0 radical (unpaired) electrons. The van der Waals surface area contributed by atoms with Gasteiger partial charge in [0.15, 0.2) is 5.75 Å². The number of non-ortho nitro benzene ring substituents is 1. The number of rotatable bonds is 8. The lowest BCUT2D eigenvalue weighted by atomic mass is 10.1. The Balaban J connectivity index is 1.54. The van der Waals surface area contributed by atoms with Crippen LogP contribution in [0.5, 0.6) is 11.5 Å². The Morgan fingerprint density at radius 2 is 1.79 bits per heavy atom. The molecule has 1 fully saturated rings. The van der Waals surface area contributed by atoms with E-state index in [9.17, 15) is 14.9 Å². The molecule has 174 valence electrons. The SMILES string of the molecule is COc1c(-c2ccc(OCCCN3CCCCC3)cc2)n(C)c2ccc([N+](=O)[O-])cc2c1=O. The zero-order valence-corrected chi connectivity index (χ0v) is 19.1. The average Bonchev–Trinajstić information content (AvgIpc) is 2.84. The second kappa shape index (κ2) is 10.0. The molecular formula is C25H29N3O5. The van der Waals surface area contributed by atoms with Gasteiger partial charge in [0.05, 0.1) is 35.2 Å². The van der Waals surface area contributed by atoms with Crippen LogP contribution < -0.4 is 14.9 Å². The first kappa shape index (κ1) is 22.8. The third-order valence-corrected chi connectivity index (χ3v) is 6.22. The van der Waals surface area contributed by atoms with E-state index >= 15 is 0 Å². The second-order valence-corrected chi connectivity index (χ2v) is 8.36. The summed E-state index contributed by atoms with van der Waals surface area (Å²) >= 11 is 0. The van der Waals surface area contributed by atoms with Crippen molar-refractivity contribution in [1.29, 1.82) is 0 Å². The van der Waals surface area contributed by atoms with Crippen molar-refractivity contribution in [3.8, 4) is 22.8 Å². The number of methoxy groups -OCH3 is 1. The number of benzene rings is 2. The number of aryl methyl sites for hydroxylation is 1. The van der Waals surface area contributed by atoms with Gasteiger partial charge in [-0.2, -0.15) is 0 Å². The molecule has 0 bridgehead atoms. The summed E-state index contributed by atoms with van der Waals surface area (Å²) in [4.78, 5) is 26.2. The van der Waals surface area contributed by atoms with Crippen molar-refractivity contribution in [2.24, 2.45) is 7.05 Å². The monoisotopic (exact) mass is 451 g/mol. The number of piperidine rings is 1. The Hall–Kier alpha value is -3.39. The molecule has 8 heteroatoms. The van der Waals surface area contributed by atoms with Gasteiger partial charge < -0.3 is 18.9 Å². The van der Waals surface area contributed by atoms with Gasteiger partial charge in [0.2, 0.25) is 5.43 Å². The summed E-state index contributed by atoms with van der Waals surface area (Å²) in [6, 6.07) is 11.9. The average molecular weight is 452 g/mol. The van der Waals surface area contributed by atoms with Crippen molar-refractivity contribution < 1.29 is 14.4 Å². The maximum absolute atomic E-state index is 13.1. The summed E-state index contributed by atoms with van der Waals surface area (Å²) < 4.78 is 13.2. The van der Waals surface area contributed by atoms with Gasteiger partial charge in [-0.1, -0.05) is 6.42 Å². The van der Waals surface area contributed by atoms with E-state index in [0.29, 0.717) is 17.8 Å². The van der Waals surface area contributed by atoms with Gasteiger partial charge in [0, 0.05) is 31.3 Å². The van der Waals surface area contributed by atoms with E-state index in [-0.39, 0.29) is 22.3 Å². The summed E-state index contributed by atoms with van der Waals surface area (Å²) in [5.74, 6) is 0.929. The molecule has 0 saturated carbocycles. The smallest absolute Gasteiger partial charge is 0.270 e. The van der Waals surface area contributed by atoms with Crippen LogP contribution in [0.1, 0.15) is 25.7 Å². The molecule has 1 aliphatic heterocycles. The van der Waals surface area contributed by atoms with Crippen molar-refractivity contribution in [2.75, 3.05) is 33.4 Å². The van der Waals surface area contributed by atoms with E-state index < -0.39 is 4.92 Å². The van der Waals surface area contributed by atoms with E-state index in [2.05, 4.69) is 4.90 Å². The first-order chi connectivity index (χ1) is 16.0. The van der Waals surface area contributed by atoms with Crippen LogP contribution in [-0.4, -0.2) is 47.7 Å². The lowest BCUT2D eigenvalue weighted by molar-refractivity contribution is -0.384. The number of pyridine rings is 1. The third kappa shape index (κ3) is 4.85. The molecular weight excluding hydrogens is 422 g/mol. The molecule has 33 heavy (non-hydrogen) atoms. The minimum atomic E-state index is -0.509. The predicted molar refractivity (Wildman–Crippen MR) is 128 cm³/mol. The number of nitro benzene ring substituents is 1. The predicted octanol–water partition coefficient (Wildman–Crippen LogP) is 4.38. The second-order valence-electron chi connectivity index (χ2n) is 8.36. The molecule has 1 aromatic heterocycles. The van der Waals surface area contributed by atoms with E-state index in [1.165, 1.54) is 51.6 Å². The van der Waals surface area contributed by atoms with Gasteiger partial charge in [-0.05, 0) is 62.7 Å². The molecule has 0 amide bonds. The summed E-state index contributed by atoms with van der Waals surface area (Å²) in [6.45, 7) is 4.10. The van der Waals surface area contributed by atoms with Crippen molar-refractivity contribution in [3.05, 3.63) is 62.8 Å². The number of aromatic nitrogens is 1. The largest absolute Gasteiger partial charge is 0.494 e. The molecule has 0 N–H and O–H groups in total. The number of nitrogens with zero attached hydrogens (tertiary/aromatic N) is 3. The van der Waals surface area contributed by atoms with Gasteiger partial charge in [-0.25, -0.2) is 0 Å². The molecule has 0 aliphatic carbocycles. The van der Waals surface area contributed by atoms with E-state index in [4.69, 9.17) is 9.47 Å². The van der Waals surface area contributed by atoms with Crippen LogP contribution in [0.3, 0.4) is 0 Å². The quantitative estimate of drug-likeness (QED) is 0.287. The van der Waals surface area contributed by atoms with Crippen LogP contribution in [0, 0.1) is 10.1 Å². The van der Waals surface area contributed by atoms with Crippen LogP contribution in [0.2, 0.25) is 0 Å². The van der Waals surface area contributed by atoms with Gasteiger partial charge in [0.25, 0.3) is 5.69 Å². The highest BCUT2D eigenvalue weighted by molar-refractivity contribution is 5.87. The Labute approximate surface area is 192 Å². The normalized spacial score (nSPS) is 14.4. The van der Waals surface area contributed by atoms with Crippen molar-refractivity contribution in [2.45, 2.75) is 25.7 Å². The van der Waals surface area contributed by atoms with Crippen LogP contribution in [0.25, 0.3) is 22.2 Å². The van der Waals surface area contributed by atoms with E-state index in [0.717, 1.165) is 24.3 Å². The van der Waals surface area contributed by atoms with Gasteiger partial charge in [0.1, 0.15) is 5.75 Å². The molecule has 2 aromatic carbocycles. The van der Waals surface area contributed by atoms with Crippen LogP contribution in [-0.2, 0) is 7.05 Å². The number of nitro groups is 1. The maximum atomic E-state index is 13.1. The standard InChI is InChI=1S/C25H29N3O5/c1-26-22-12-9-19(28(30)31)17-21(22)24(29)25(32-2)23(26)18-7-10-20(11-8-18)33-16-6-15-27-13-4-3-5-14-27/h7-12,17H,3-6,13-16H2,1-2H3. The fourth-order valence-electron chi connectivity index (χ4n) is 4.50. The third-order valence-electron chi connectivity index (χ3n) is 6.22. The zero-order chi connectivity index (χ0) is 23.4. The minimum Gasteiger partial charge on any atom is -0.494 e. The highest BCUT2D eigenvalue weighted by Crippen LogP contribution is 2.32. The lowest BCUT2D eigenvalue weighted by Gasteiger charge is -2.26. The van der Waals surface area contributed by atoms with Crippen molar-refractivity contribution in [1.82, 2.24) is 9.47 Å². The molecule has 1 saturated heterocycles. The highest BCUT2D eigenvalue weighted by Gasteiger charge is 2.19. The Bertz CT molecular complexity index is 1200. The number of likely N-dealkylation sites (tertiary alicyclic amines) is 1. The molecule has 8 nitrogen and oxygen atoms in total. The number of fused-ring (bicyclic) bond motifs is 1. The minimum absolute atomic E-state index is 0.129. The zero-order valence-electron chi connectivity index (χ0n) is 19.1. The van der Waals surface area contributed by atoms with Crippen LogP contribution in [0.15, 0.2) is 47.3 Å². The van der Waals surface area contributed by atoms with Gasteiger partial charge >= 0.3 is 0 Å². The Kier molecular flexibility index (Phi) is 6.93. The number of hydrogen-bond acceptors (Lipinski definition) is 6. The summed E-state index contributed by atoms with van der Waals surface area (Å²) in [7, 11) is 3.25. The molecule has 2 heterocycles. The van der Waals surface area contributed by atoms with Crippen molar-refractivity contribution in [3.63, 3.8) is 0 Å². The fraction of sp³-hybridized carbons (Fsp3) is 0.400. The fourth-order valence-corrected chi connectivity index (χ4v) is 4.50. The van der Waals surface area contributed by atoms with E-state index in [1.807, 2.05) is 35.9 Å². The molecule has 3 aromatic rings. The molecule has 1 aliphatic rings. The first-order valence-corrected chi connectivity index (χ1v) is 11.3. The molecule has 0 spiro atoms. The maximum Gasteiger partial charge on any atom is 0.270 e. The lowest BCUT2D eigenvalue weighted by Crippen LogP contribution is -2.31. The number of ether oxygens (including phenoxy) is 2. The van der Waals surface area contributed by atoms with Crippen LogP contribution in [0.4, 0.5) is 5.69 Å². The van der Waals surface area contributed by atoms with E-state index in [1.54, 1.807) is 6.07 Å². The summed E-state index contributed by atoms with van der Waals surface area (Å²) in [6.07, 6.45) is 4.91. The first-order valence-electron chi connectivity index (χ1n) is 11.3. The summed E-state index contributed by atoms with van der Waals surface area (Å²) in [5.41, 5.74) is 1.51. The van der Waals surface area contributed by atoms with Gasteiger partial charge in [-0.15, -0.1) is 0 Å². The summed E-state index contributed by atoms with van der Waals surface area (Å²) in [5, 5.41) is 11.4. The number of hydrogen-bond donors (Lipinski definition) is 0. The van der Waals surface area contributed by atoms with Crippen LogP contribution >= 0.6 is 0 Å². The van der Waals surface area contributed by atoms with Crippen molar-refractivity contribution >= 4 is 16.6 Å². The molecule has 0 unspecified atom stereocenters. The topological polar surface area (TPSA) is 86.8 Å². The Morgan fingerprint density at radius 3 is 2.45 bits per heavy atom. The highest BCUT2D eigenvalue weighted by atomic mass is 16.6. The molecule has 0 atom stereocenters. The van der Waals surface area contributed by atoms with Gasteiger partial charge in [-0.3, -0.25) is 14.9 Å². The Morgan fingerprint density at radius 1 is 1.06 bits per heavy atom. The molecule has 4 rings (SSSR count).